The predicted molar refractivity (Wildman–Crippen MR) is 49.4 cm³/mol. The van der Waals surface area contributed by atoms with Gasteiger partial charge in [-0.1, -0.05) is 13.3 Å². The standard InChI is InChI=1S/C9H15F3N2O/c1-2-7-3-4-14(5-7)8(15)13-6-9(10,11)12/h7H,2-6H2,1H3,(H,13,15)/t7-/m0/s1. The third-order valence-electron chi connectivity index (χ3n) is 2.59. The first-order chi connectivity index (χ1) is 6.92. The van der Waals surface area contributed by atoms with Crippen molar-refractivity contribution < 1.29 is 18.0 Å². The van der Waals surface area contributed by atoms with Crippen molar-refractivity contribution in [3.05, 3.63) is 0 Å². The molecule has 0 aliphatic carbocycles. The smallest absolute Gasteiger partial charge is 0.329 e. The van der Waals surface area contributed by atoms with Gasteiger partial charge >= 0.3 is 12.2 Å². The van der Waals surface area contributed by atoms with E-state index in [1.54, 1.807) is 0 Å². The Kier molecular flexibility index (Phi) is 3.82. The summed E-state index contributed by atoms with van der Waals surface area (Å²) in [5.41, 5.74) is 0. The second kappa shape index (κ2) is 4.72. The van der Waals surface area contributed by atoms with Crippen LogP contribution in [-0.4, -0.2) is 36.7 Å². The van der Waals surface area contributed by atoms with Gasteiger partial charge in [0, 0.05) is 13.1 Å². The minimum absolute atomic E-state index is 0.432. The van der Waals surface area contributed by atoms with E-state index in [4.69, 9.17) is 0 Å². The van der Waals surface area contributed by atoms with Crippen LogP contribution in [0.5, 0.6) is 0 Å². The number of hydrogen-bond donors (Lipinski definition) is 1. The van der Waals surface area contributed by atoms with Crippen molar-refractivity contribution in [3.8, 4) is 0 Å². The maximum Gasteiger partial charge on any atom is 0.405 e. The highest BCUT2D eigenvalue weighted by atomic mass is 19.4. The number of urea groups is 1. The Hall–Kier alpha value is -0.940. The maximum atomic E-state index is 11.8. The number of nitrogens with one attached hydrogen (secondary N) is 1. The molecule has 1 rings (SSSR count). The highest BCUT2D eigenvalue weighted by molar-refractivity contribution is 5.74. The number of carbonyl (C=O) groups excluding carboxylic acids is 1. The molecule has 0 aromatic heterocycles. The molecule has 1 saturated heterocycles. The molecular weight excluding hydrogens is 209 g/mol. The van der Waals surface area contributed by atoms with Gasteiger partial charge < -0.3 is 10.2 Å². The fourth-order valence-corrected chi connectivity index (χ4v) is 1.64. The summed E-state index contributed by atoms with van der Waals surface area (Å²) in [6, 6.07) is -0.608. The molecule has 3 nitrogen and oxygen atoms in total. The van der Waals surface area contributed by atoms with Crippen LogP contribution >= 0.6 is 0 Å². The van der Waals surface area contributed by atoms with Crippen LogP contribution in [0.1, 0.15) is 19.8 Å². The third-order valence-corrected chi connectivity index (χ3v) is 2.59. The molecule has 1 N–H and O–H groups in total. The van der Waals surface area contributed by atoms with Crippen molar-refractivity contribution >= 4 is 6.03 Å². The number of rotatable bonds is 2. The molecule has 1 aliphatic rings. The topological polar surface area (TPSA) is 32.3 Å². The van der Waals surface area contributed by atoms with Crippen LogP contribution in [0, 0.1) is 5.92 Å². The van der Waals surface area contributed by atoms with E-state index in [0.29, 0.717) is 19.0 Å². The molecule has 1 aliphatic heterocycles. The number of hydrogen-bond acceptors (Lipinski definition) is 1. The lowest BCUT2D eigenvalue weighted by atomic mass is 10.1. The number of carbonyl (C=O) groups is 1. The van der Waals surface area contributed by atoms with Crippen molar-refractivity contribution in [2.75, 3.05) is 19.6 Å². The molecule has 6 heteroatoms. The highest BCUT2D eigenvalue weighted by Gasteiger charge is 2.30. The Labute approximate surface area is 86.6 Å². The lowest BCUT2D eigenvalue weighted by Gasteiger charge is -2.17. The fraction of sp³-hybridized carbons (Fsp3) is 0.889. The second-order valence-electron chi connectivity index (χ2n) is 3.78. The van der Waals surface area contributed by atoms with Crippen molar-refractivity contribution in [1.29, 1.82) is 0 Å². The van der Waals surface area contributed by atoms with E-state index in [1.165, 1.54) is 4.90 Å². The summed E-state index contributed by atoms with van der Waals surface area (Å²) in [6.07, 6.45) is -2.49. The summed E-state index contributed by atoms with van der Waals surface area (Å²) < 4.78 is 35.4. The molecule has 0 unspecified atom stereocenters. The quantitative estimate of drug-likeness (QED) is 0.764. The first-order valence-corrected chi connectivity index (χ1v) is 5.02. The van der Waals surface area contributed by atoms with Crippen LogP contribution in [0.15, 0.2) is 0 Å². The summed E-state index contributed by atoms with van der Waals surface area (Å²) in [6.45, 7) is 1.89. The first-order valence-electron chi connectivity index (χ1n) is 5.02. The van der Waals surface area contributed by atoms with Gasteiger partial charge in [0.2, 0.25) is 0 Å². The molecule has 88 valence electrons. The Morgan fingerprint density at radius 1 is 1.53 bits per heavy atom. The molecule has 1 atom stereocenters. The van der Waals surface area contributed by atoms with Gasteiger partial charge in [-0.3, -0.25) is 0 Å². The van der Waals surface area contributed by atoms with Gasteiger partial charge in [0.1, 0.15) is 6.54 Å². The Morgan fingerprint density at radius 2 is 2.20 bits per heavy atom. The Balaban J connectivity index is 2.30. The molecule has 0 aromatic rings. The molecule has 0 radical (unpaired) electrons. The van der Waals surface area contributed by atoms with Crippen LogP contribution in [-0.2, 0) is 0 Å². The third kappa shape index (κ3) is 3.97. The predicted octanol–water partition coefficient (Wildman–Crippen LogP) is 1.99. The SMILES string of the molecule is CC[C@H]1CCN(C(=O)NCC(F)(F)F)C1. The molecule has 0 bridgehead atoms. The molecule has 1 fully saturated rings. The summed E-state index contributed by atoms with van der Waals surface area (Å²) in [4.78, 5) is 12.7. The van der Waals surface area contributed by atoms with Crippen molar-refractivity contribution in [2.24, 2.45) is 5.92 Å². The molecule has 0 spiro atoms. The zero-order valence-corrected chi connectivity index (χ0v) is 8.60. The zero-order valence-electron chi connectivity index (χ0n) is 8.60. The normalized spacial score (nSPS) is 21.9. The molecule has 0 aromatic carbocycles. The van der Waals surface area contributed by atoms with Crippen LogP contribution < -0.4 is 5.32 Å². The van der Waals surface area contributed by atoms with Crippen molar-refractivity contribution in [2.45, 2.75) is 25.9 Å². The summed E-state index contributed by atoms with van der Waals surface area (Å²) in [7, 11) is 0. The second-order valence-corrected chi connectivity index (χ2v) is 3.78. The fourth-order valence-electron chi connectivity index (χ4n) is 1.64. The lowest BCUT2D eigenvalue weighted by molar-refractivity contribution is -0.123. The van der Waals surface area contributed by atoms with Gasteiger partial charge in [-0.25, -0.2) is 4.79 Å². The monoisotopic (exact) mass is 224 g/mol. The number of amides is 2. The molecule has 1 heterocycles. The molecule has 0 saturated carbocycles. The van der Waals surface area contributed by atoms with E-state index in [0.717, 1.165) is 12.8 Å². The average Bonchev–Trinajstić information content (AvgIpc) is 2.61. The van der Waals surface area contributed by atoms with Gasteiger partial charge in [-0.05, 0) is 12.3 Å². The number of nitrogens with zero attached hydrogens (tertiary/aromatic N) is 1. The van der Waals surface area contributed by atoms with E-state index in [-0.39, 0.29) is 0 Å². The van der Waals surface area contributed by atoms with Gasteiger partial charge in [-0.2, -0.15) is 13.2 Å². The van der Waals surface area contributed by atoms with Crippen LogP contribution in [0.4, 0.5) is 18.0 Å². The van der Waals surface area contributed by atoms with Crippen LogP contribution in [0.3, 0.4) is 0 Å². The van der Waals surface area contributed by atoms with Gasteiger partial charge in [0.25, 0.3) is 0 Å². The zero-order chi connectivity index (χ0) is 11.5. The number of halogens is 3. The number of alkyl halides is 3. The average molecular weight is 224 g/mol. The summed E-state index contributed by atoms with van der Waals surface area (Å²) >= 11 is 0. The number of likely N-dealkylation sites (tertiary alicyclic amines) is 1. The largest absolute Gasteiger partial charge is 0.405 e. The van der Waals surface area contributed by atoms with E-state index in [9.17, 15) is 18.0 Å². The summed E-state index contributed by atoms with van der Waals surface area (Å²) in [5, 5.41) is 1.87. The van der Waals surface area contributed by atoms with E-state index in [1.807, 2.05) is 12.2 Å². The van der Waals surface area contributed by atoms with Crippen molar-refractivity contribution in [3.63, 3.8) is 0 Å². The molecule has 15 heavy (non-hydrogen) atoms. The minimum atomic E-state index is -4.33. The Morgan fingerprint density at radius 3 is 2.67 bits per heavy atom. The van der Waals surface area contributed by atoms with E-state index in [2.05, 4.69) is 0 Å². The van der Waals surface area contributed by atoms with Gasteiger partial charge in [0.15, 0.2) is 0 Å². The minimum Gasteiger partial charge on any atom is -0.329 e. The lowest BCUT2D eigenvalue weighted by Crippen LogP contribution is -2.42. The molecule has 2 amide bonds. The van der Waals surface area contributed by atoms with Gasteiger partial charge in [0.05, 0.1) is 0 Å². The highest BCUT2D eigenvalue weighted by Crippen LogP contribution is 2.19. The Bertz CT molecular complexity index is 230. The maximum absolute atomic E-state index is 11.8. The van der Waals surface area contributed by atoms with Crippen LogP contribution in [0.25, 0.3) is 0 Å². The molecular formula is C9H15F3N2O. The van der Waals surface area contributed by atoms with Crippen molar-refractivity contribution in [1.82, 2.24) is 10.2 Å². The summed E-state index contributed by atoms with van der Waals surface area (Å²) in [5.74, 6) is 0.432. The first kappa shape index (κ1) is 12.1. The van der Waals surface area contributed by atoms with Gasteiger partial charge in [-0.15, -0.1) is 0 Å². The van der Waals surface area contributed by atoms with E-state index >= 15 is 0 Å². The van der Waals surface area contributed by atoms with E-state index < -0.39 is 18.8 Å². The van der Waals surface area contributed by atoms with Crippen LogP contribution in [0.2, 0.25) is 0 Å².